The van der Waals surface area contributed by atoms with Crippen LogP contribution >= 0.6 is 11.3 Å². The summed E-state index contributed by atoms with van der Waals surface area (Å²) in [5, 5.41) is 25.4. The van der Waals surface area contributed by atoms with E-state index in [1.54, 1.807) is 23.5 Å². The first kappa shape index (κ1) is 39.1. The first-order chi connectivity index (χ1) is 22.0. The topological polar surface area (TPSA) is 96.5 Å². The quantitative estimate of drug-likeness (QED) is 0.0871. The number of phenolic OH excluding ortho intramolecular Hbond substituents is 1. The molecule has 48 heavy (non-hydrogen) atoms. The number of hydrogen-bond acceptors (Lipinski definition) is 7. The molecule has 0 aliphatic carbocycles. The van der Waals surface area contributed by atoms with Crippen LogP contribution in [-0.2, 0) is 30.3 Å². The molecule has 0 saturated carbocycles. The molecule has 3 heterocycles. The number of carbonyl (C=O) groups excluding carboxylic acids is 1. The number of fused-ring (bicyclic) bond motifs is 4. The third-order valence-electron chi connectivity index (χ3n) is 9.97. The molecule has 0 fully saturated rings. The monoisotopic (exact) mass is 846 g/mol. The molecule has 259 valence electrons. The van der Waals surface area contributed by atoms with Gasteiger partial charge < -0.3 is 14.6 Å². The maximum Gasteiger partial charge on any atom is 0.223 e. The van der Waals surface area contributed by atoms with Crippen LogP contribution in [-0.4, -0.2) is 26.0 Å². The van der Waals surface area contributed by atoms with Gasteiger partial charge in [-0.1, -0.05) is 80.0 Å². The number of thiophene rings is 1. The van der Waals surface area contributed by atoms with E-state index in [1.165, 1.54) is 22.7 Å². The first-order valence-corrected chi connectivity index (χ1v) is 17.4. The molecule has 0 saturated heterocycles. The van der Waals surface area contributed by atoms with Crippen LogP contribution in [0.4, 0.5) is 0 Å². The van der Waals surface area contributed by atoms with Gasteiger partial charge >= 0.3 is 0 Å². The number of carbonyl (C=O) groups is 1. The van der Waals surface area contributed by atoms with Gasteiger partial charge in [0.2, 0.25) is 5.71 Å². The first-order valence-electron chi connectivity index (χ1n) is 16.5. The number of aromatic nitrogens is 2. The molecule has 0 amide bonds. The number of phenols is 1. The van der Waals surface area contributed by atoms with E-state index < -0.39 is 0 Å². The summed E-state index contributed by atoms with van der Waals surface area (Å²) >= 11 is 1.73. The van der Waals surface area contributed by atoms with Crippen LogP contribution < -0.4 is 0 Å². The summed E-state index contributed by atoms with van der Waals surface area (Å²) in [6.07, 6.45) is 6.27. The van der Waals surface area contributed by atoms with Crippen LogP contribution in [0.25, 0.3) is 49.0 Å². The van der Waals surface area contributed by atoms with Crippen LogP contribution in [0.15, 0.2) is 58.8 Å². The summed E-state index contributed by atoms with van der Waals surface area (Å²) < 4.78 is 7.26. The van der Waals surface area contributed by atoms with Gasteiger partial charge in [0, 0.05) is 59.0 Å². The average Bonchev–Trinajstić information content (AvgIpc) is 3.67. The van der Waals surface area contributed by atoms with Crippen LogP contribution in [0, 0.1) is 16.9 Å². The molecule has 2 aromatic carbocycles. The number of aliphatic hydroxyl groups is 1. The SMILES string of the molecule is C=C(C)c1c(O)ccc2oc3ncnc(-c4[c-]c5ccsc5c(C(C)(C)C)c4)c3c12.CCC(C)(CC)C(=O)/C=C(\O)C(C)(CC)CC.[Ir]. The Labute approximate surface area is 302 Å². The van der Waals surface area contributed by atoms with Crippen molar-refractivity contribution in [2.24, 2.45) is 10.8 Å². The molecule has 0 aliphatic heterocycles. The second-order valence-corrected chi connectivity index (χ2v) is 15.0. The molecule has 1 radical (unpaired) electrons. The number of rotatable bonds is 9. The fraction of sp³-hybridized carbons (Fsp3) is 0.425. The van der Waals surface area contributed by atoms with Gasteiger partial charge in [0.15, 0.2) is 5.78 Å². The van der Waals surface area contributed by atoms with Gasteiger partial charge in [-0.2, -0.15) is 11.3 Å². The van der Waals surface area contributed by atoms with Crippen molar-refractivity contribution in [2.45, 2.75) is 100 Å². The Morgan fingerprint density at radius 3 is 2.17 bits per heavy atom. The summed E-state index contributed by atoms with van der Waals surface area (Å²) in [6.45, 7) is 24.7. The Morgan fingerprint density at radius 2 is 1.60 bits per heavy atom. The molecule has 8 heteroatoms. The molecule has 0 aliphatic rings. The number of benzene rings is 2. The number of allylic oxidation sites excluding steroid dienone is 3. The molecule has 2 N–H and O–H groups in total. The van der Waals surface area contributed by atoms with E-state index in [-0.39, 0.29) is 53.6 Å². The minimum absolute atomic E-state index is 0. The molecule has 0 atom stereocenters. The Hall–Kier alpha value is -3.32. The predicted octanol–water partition coefficient (Wildman–Crippen LogP) is 11.7. The maximum atomic E-state index is 12.2. The van der Waals surface area contributed by atoms with Crippen molar-refractivity contribution in [3.63, 3.8) is 0 Å². The Balaban J connectivity index is 0.000000301. The molecular formula is C40H49IrN2O4S-. The largest absolute Gasteiger partial charge is 0.512 e. The van der Waals surface area contributed by atoms with E-state index in [9.17, 15) is 15.0 Å². The van der Waals surface area contributed by atoms with E-state index in [4.69, 9.17) is 4.42 Å². The minimum Gasteiger partial charge on any atom is -0.512 e. The summed E-state index contributed by atoms with van der Waals surface area (Å²) in [5.74, 6) is 0.453. The molecule has 5 rings (SSSR count). The van der Waals surface area contributed by atoms with E-state index in [2.05, 4.69) is 60.9 Å². The van der Waals surface area contributed by atoms with Gasteiger partial charge in [0.1, 0.15) is 23.4 Å². The average molecular weight is 846 g/mol. The zero-order valence-corrected chi connectivity index (χ0v) is 33.1. The van der Waals surface area contributed by atoms with Crippen molar-refractivity contribution in [3.8, 4) is 17.0 Å². The summed E-state index contributed by atoms with van der Waals surface area (Å²) in [7, 11) is 0. The predicted molar refractivity (Wildman–Crippen MR) is 197 cm³/mol. The standard InChI is InChI=1S/C25H21N2O2S.C15H28O2.Ir/c1-13(2)19-17(28)6-7-18-20(19)21-22(26-12-27-24(21)29-18)15-10-14-8-9-30-23(14)16(11-15)25(3,4)5;1-7-14(5,8-2)12(16)11-13(17)15(6,9-3)10-4;/h6-9,11-12,28H,1H2,2-5H3;11,16H,7-10H2,1-6H3;/q-1;;/b;12-11-;. The van der Waals surface area contributed by atoms with Crippen molar-refractivity contribution in [3.05, 3.63) is 71.6 Å². The van der Waals surface area contributed by atoms with Gasteiger partial charge in [0.05, 0.1) is 0 Å². The fourth-order valence-corrected chi connectivity index (χ4v) is 6.77. The van der Waals surface area contributed by atoms with Crippen LogP contribution in [0.1, 0.15) is 106 Å². The number of furan rings is 1. The number of nitrogens with zero attached hydrogens (tertiary/aromatic N) is 2. The summed E-state index contributed by atoms with van der Waals surface area (Å²) in [6, 6.07) is 11.2. The van der Waals surface area contributed by atoms with E-state index in [0.29, 0.717) is 16.9 Å². The zero-order chi connectivity index (χ0) is 34.9. The summed E-state index contributed by atoms with van der Waals surface area (Å²) in [4.78, 5) is 21.2. The third-order valence-corrected chi connectivity index (χ3v) is 10.9. The Kier molecular flexibility index (Phi) is 12.3. The van der Waals surface area contributed by atoms with Crippen LogP contribution in [0.2, 0.25) is 0 Å². The van der Waals surface area contributed by atoms with Crippen molar-refractivity contribution in [1.82, 2.24) is 9.97 Å². The minimum atomic E-state index is -0.337. The van der Waals surface area contributed by atoms with Gasteiger partial charge in [-0.15, -0.1) is 23.6 Å². The number of ketones is 1. The van der Waals surface area contributed by atoms with Crippen molar-refractivity contribution in [1.29, 1.82) is 0 Å². The molecule has 0 unspecified atom stereocenters. The van der Waals surface area contributed by atoms with Gasteiger partial charge in [-0.3, -0.25) is 9.78 Å². The Bertz CT molecular complexity index is 1970. The smallest absolute Gasteiger partial charge is 0.223 e. The molecule has 0 spiro atoms. The normalized spacial score (nSPS) is 12.6. The molecular weight excluding hydrogens is 797 g/mol. The van der Waals surface area contributed by atoms with Crippen molar-refractivity contribution in [2.75, 3.05) is 0 Å². The summed E-state index contributed by atoms with van der Waals surface area (Å²) in [5.41, 5.74) is 4.80. The number of aromatic hydroxyl groups is 1. The maximum absolute atomic E-state index is 12.2. The van der Waals surface area contributed by atoms with Crippen molar-refractivity contribution >= 4 is 54.8 Å². The number of hydrogen-bond donors (Lipinski definition) is 2. The fourth-order valence-electron chi connectivity index (χ4n) is 5.69. The third kappa shape index (κ3) is 7.46. The van der Waals surface area contributed by atoms with Crippen LogP contribution in [0.5, 0.6) is 5.75 Å². The molecule has 6 nitrogen and oxygen atoms in total. The van der Waals surface area contributed by atoms with E-state index in [0.717, 1.165) is 58.7 Å². The van der Waals surface area contributed by atoms with Crippen LogP contribution in [0.3, 0.4) is 0 Å². The van der Waals surface area contributed by atoms with Gasteiger partial charge in [-0.25, -0.2) is 4.98 Å². The second-order valence-electron chi connectivity index (χ2n) is 14.1. The van der Waals surface area contributed by atoms with E-state index >= 15 is 0 Å². The number of aliphatic hydroxyl groups excluding tert-OH is 1. The molecule has 3 aromatic heterocycles. The second kappa shape index (κ2) is 15.1. The van der Waals surface area contributed by atoms with Gasteiger partial charge in [0.25, 0.3) is 0 Å². The van der Waals surface area contributed by atoms with E-state index in [1.807, 2.05) is 48.5 Å². The Morgan fingerprint density at radius 1 is 0.979 bits per heavy atom. The van der Waals surface area contributed by atoms with Gasteiger partial charge in [-0.05, 0) is 65.8 Å². The zero-order valence-electron chi connectivity index (χ0n) is 29.9. The molecule has 0 bridgehead atoms. The van der Waals surface area contributed by atoms with Crippen molar-refractivity contribution < 1.29 is 39.5 Å². The molecule has 5 aromatic rings.